The first-order chi connectivity index (χ1) is 11.1. The second-order valence-electron chi connectivity index (χ2n) is 4.79. The molecule has 0 aliphatic carbocycles. The highest BCUT2D eigenvalue weighted by molar-refractivity contribution is 9.10. The number of rotatable bonds is 2. The number of nitrogens with zero attached hydrogens (tertiary/aromatic N) is 1. The van der Waals surface area contributed by atoms with Gasteiger partial charge in [-0.2, -0.15) is 5.10 Å². The Kier molecular flexibility index (Phi) is 4.14. The quantitative estimate of drug-likeness (QED) is 0.277. The SMILES string of the molecule is N/N=C(\NN)c1ccc(-c2cc(=O)c3cccc(Br)c3o2)cc1. The summed E-state index contributed by atoms with van der Waals surface area (Å²) in [5.41, 5.74) is 4.32. The Bertz CT molecular complexity index is 948. The summed E-state index contributed by atoms with van der Waals surface area (Å²) in [6.45, 7) is 0. The summed E-state index contributed by atoms with van der Waals surface area (Å²) in [4.78, 5) is 12.2. The molecule has 0 spiro atoms. The van der Waals surface area contributed by atoms with Crippen molar-refractivity contribution in [2.75, 3.05) is 0 Å². The van der Waals surface area contributed by atoms with Gasteiger partial charge in [0.1, 0.15) is 5.76 Å². The molecule has 2 aromatic carbocycles. The van der Waals surface area contributed by atoms with Gasteiger partial charge in [0.2, 0.25) is 0 Å². The maximum atomic E-state index is 12.2. The average molecular weight is 373 g/mol. The van der Waals surface area contributed by atoms with E-state index in [0.717, 1.165) is 15.6 Å². The molecule has 0 unspecified atom stereocenters. The highest BCUT2D eigenvalue weighted by Gasteiger charge is 2.10. The molecular formula is C16H13BrN4O2. The van der Waals surface area contributed by atoms with Gasteiger partial charge < -0.3 is 15.7 Å². The molecular weight excluding hydrogens is 360 g/mol. The maximum absolute atomic E-state index is 12.2. The van der Waals surface area contributed by atoms with E-state index in [1.165, 1.54) is 6.07 Å². The highest BCUT2D eigenvalue weighted by atomic mass is 79.9. The Morgan fingerprint density at radius 3 is 2.57 bits per heavy atom. The third kappa shape index (κ3) is 2.84. The molecule has 3 aromatic rings. The van der Waals surface area contributed by atoms with Crippen LogP contribution in [0.25, 0.3) is 22.3 Å². The Labute approximate surface area is 139 Å². The van der Waals surface area contributed by atoms with Crippen LogP contribution in [-0.4, -0.2) is 5.84 Å². The molecule has 5 N–H and O–H groups in total. The third-order valence-corrected chi connectivity index (χ3v) is 4.04. The number of hydrogen-bond donors (Lipinski definition) is 3. The van der Waals surface area contributed by atoms with Crippen molar-refractivity contribution in [2.24, 2.45) is 16.8 Å². The number of fused-ring (bicyclic) bond motifs is 1. The number of hydrogen-bond acceptors (Lipinski definition) is 5. The minimum atomic E-state index is -0.0977. The van der Waals surface area contributed by atoms with Gasteiger partial charge in [-0.1, -0.05) is 30.3 Å². The van der Waals surface area contributed by atoms with Crippen LogP contribution in [0, 0.1) is 0 Å². The van der Waals surface area contributed by atoms with Gasteiger partial charge in [0.25, 0.3) is 0 Å². The number of hydrazone groups is 1. The molecule has 0 bridgehead atoms. The number of nitrogens with two attached hydrogens (primary N) is 2. The monoisotopic (exact) mass is 372 g/mol. The third-order valence-electron chi connectivity index (χ3n) is 3.42. The number of hydrazine groups is 1. The maximum Gasteiger partial charge on any atom is 0.193 e. The van der Waals surface area contributed by atoms with Crippen molar-refractivity contribution in [1.82, 2.24) is 5.43 Å². The van der Waals surface area contributed by atoms with Crippen molar-refractivity contribution in [3.05, 3.63) is 68.8 Å². The van der Waals surface area contributed by atoms with Gasteiger partial charge in [0, 0.05) is 17.2 Å². The zero-order chi connectivity index (χ0) is 16.4. The molecule has 0 saturated carbocycles. The Balaban J connectivity index is 2.10. The lowest BCUT2D eigenvalue weighted by Crippen LogP contribution is -2.31. The topological polar surface area (TPSA) is 107 Å². The van der Waals surface area contributed by atoms with Crippen LogP contribution in [0.4, 0.5) is 0 Å². The highest BCUT2D eigenvalue weighted by Crippen LogP contribution is 2.27. The van der Waals surface area contributed by atoms with E-state index >= 15 is 0 Å². The number of nitrogens with one attached hydrogen (secondary N) is 1. The number of amidine groups is 1. The second-order valence-corrected chi connectivity index (χ2v) is 5.65. The molecule has 6 nitrogen and oxygen atoms in total. The normalized spacial score (nSPS) is 11.7. The summed E-state index contributed by atoms with van der Waals surface area (Å²) in [6.07, 6.45) is 0. The van der Waals surface area contributed by atoms with Gasteiger partial charge in [-0.25, -0.2) is 5.84 Å². The van der Waals surface area contributed by atoms with E-state index in [2.05, 4.69) is 26.5 Å². The molecule has 0 saturated heterocycles. The summed E-state index contributed by atoms with van der Waals surface area (Å²) >= 11 is 3.40. The van der Waals surface area contributed by atoms with E-state index in [-0.39, 0.29) is 5.43 Å². The molecule has 0 radical (unpaired) electrons. The smallest absolute Gasteiger partial charge is 0.193 e. The Hall–Kier alpha value is -2.64. The Morgan fingerprint density at radius 1 is 1.17 bits per heavy atom. The molecule has 23 heavy (non-hydrogen) atoms. The molecule has 116 valence electrons. The molecule has 0 aliphatic rings. The molecule has 0 fully saturated rings. The minimum Gasteiger partial charge on any atom is -0.455 e. The molecule has 3 rings (SSSR count). The van der Waals surface area contributed by atoms with Crippen LogP contribution in [-0.2, 0) is 0 Å². The van der Waals surface area contributed by atoms with Crippen molar-refractivity contribution in [3.63, 3.8) is 0 Å². The fourth-order valence-electron chi connectivity index (χ4n) is 2.27. The van der Waals surface area contributed by atoms with Crippen LogP contribution < -0.4 is 22.5 Å². The van der Waals surface area contributed by atoms with Gasteiger partial charge in [0.15, 0.2) is 16.8 Å². The largest absolute Gasteiger partial charge is 0.455 e. The number of benzene rings is 2. The zero-order valence-electron chi connectivity index (χ0n) is 11.9. The van der Waals surface area contributed by atoms with Crippen molar-refractivity contribution >= 4 is 32.7 Å². The van der Waals surface area contributed by atoms with E-state index in [1.54, 1.807) is 36.4 Å². The second kappa shape index (κ2) is 6.23. The standard InChI is InChI=1S/C16H13BrN4O2/c17-12-3-1-2-11-13(22)8-14(23-15(11)12)9-4-6-10(7-5-9)16(20-18)21-19/h1-8H,18-19H2,(H,20,21). The fourth-order valence-corrected chi connectivity index (χ4v) is 2.72. The molecule has 1 heterocycles. The lowest BCUT2D eigenvalue weighted by atomic mass is 10.1. The van der Waals surface area contributed by atoms with E-state index in [0.29, 0.717) is 22.6 Å². The van der Waals surface area contributed by atoms with E-state index in [1.807, 2.05) is 6.07 Å². The van der Waals surface area contributed by atoms with E-state index < -0.39 is 0 Å². The van der Waals surface area contributed by atoms with Crippen molar-refractivity contribution in [2.45, 2.75) is 0 Å². The van der Waals surface area contributed by atoms with Crippen molar-refractivity contribution in [3.8, 4) is 11.3 Å². The van der Waals surface area contributed by atoms with Gasteiger partial charge in [0.05, 0.1) is 9.86 Å². The predicted molar refractivity (Wildman–Crippen MR) is 93.7 cm³/mol. The number of halogens is 1. The molecule has 1 aromatic heterocycles. The van der Waals surface area contributed by atoms with Crippen molar-refractivity contribution < 1.29 is 4.42 Å². The van der Waals surface area contributed by atoms with Crippen LogP contribution in [0.1, 0.15) is 5.56 Å². The van der Waals surface area contributed by atoms with Gasteiger partial charge in [-0.3, -0.25) is 4.79 Å². The van der Waals surface area contributed by atoms with Crippen LogP contribution >= 0.6 is 15.9 Å². The van der Waals surface area contributed by atoms with E-state index in [4.69, 9.17) is 16.1 Å². The predicted octanol–water partition coefficient (Wildman–Crippen LogP) is 2.31. The summed E-state index contributed by atoms with van der Waals surface area (Å²) in [6, 6.07) is 14.0. The first-order valence-electron chi connectivity index (χ1n) is 6.71. The van der Waals surface area contributed by atoms with Crippen LogP contribution in [0.2, 0.25) is 0 Å². The van der Waals surface area contributed by atoms with Crippen LogP contribution in [0.15, 0.2) is 67.3 Å². The van der Waals surface area contributed by atoms with Crippen LogP contribution in [0.5, 0.6) is 0 Å². The van der Waals surface area contributed by atoms with Gasteiger partial charge >= 0.3 is 0 Å². The minimum absolute atomic E-state index is 0.0977. The molecule has 7 heteroatoms. The summed E-state index contributed by atoms with van der Waals surface area (Å²) in [5.74, 6) is 11.4. The van der Waals surface area contributed by atoms with Gasteiger partial charge in [-0.05, 0) is 28.1 Å². The summed E-state index contributed by atoms with van der Waals surface area (Å²) < 4.78 is 6.60. The summed E-state index contributed by atoms with van der Waals surface area (Å²) in [7, 11) is 0. The zero-order valence-corrected chi connectivity index (χ0v) is 13.5. The van der Waals surface area contributed by atoms with Gasteiger partial charge in [-0.15, -0.1) is 0 Å². The fraction of sp³-hybridized carbons (Fsp3) is 0. The molecule has 0 atom stereocenters. The van der Waals surface area contributed by atoms with Crippen LogP contribution in [0.3, 0.4) is 0 Å². The van der Waals surface area contributed by atoms with E-state index in [9.17, 15) is 4.79 Å². The average Bonchev–Trinajstić information content (AvgIpc) is 2.57. The lowest BCUT2D eigenvalue weighted by molar-refractivity contribution is 0.617. The molecule has 0 amide bonds. The number of para-hydroxylation sites is 1. The van der Waals surface area contributed by atoms with Crippen molar-refractivity contribution in [1.29, 1.82) is 0 Å². The first kappa shape index (κ1) is 15.3. The lowest BCUT2D eigenvalue weighted by Gasteiger charge is -2.07. The summed E-state index contributed by atoms with van der Waals surface area (Å²) in [5, 5.41) is 4.08. The first-order valence-corrected chi connectivity index (χ1v) is 7.51. The molecule has 0 aliphatic heterocycles. The Morgan fingerprint density at radius 2 is 1.91 bits per heavy atom.